The van der Waals surface area contributed by atoms with Gasteiger partial charge in [-0.2, -0.15) is 0 Å². The molecule has 1 aliphatic heterocycles. The monoisotopic (exact) mass is 227 g/mol. The number of nitrogens with two attached hydrogens (primary N) is 1. The van der Waals surface area contributed by atoms with E-state index >= 15 is 0 Å². The van der Waals surface area contributed by atoms with Crippen molar-refractivity contribution in [3.05, 3.63) is 29.8 Å². The van der Waals surface area contributed by atoms with Crippen LogP contribution in [0, 0.1) is 0 Å². The number of rotatable bonds is 1. The van der Waals surface area contributed by atoms with E-state index in [0.717, 1.165) is 0 Å². The quantitative estimate of drug-likeness (QED) is 0.783. The fourth-order valence-corrected chi connectivity index (χ4v) is 3.46. The Kier molecular flexibility index (Phi) is 2.06. The number of hydrogen-bond donors (Lipinski definition) is 1. The van der Waals surface area contributed by atoms with Crippen molar-refractivity contribution in [2.24, 2.45) is 5.14 Å². The molecule has 0 saturated carbocycles. The van der Waals surface area contributed by atoms with Gasteiger partial charge < -0.3 is 4.74 Å². The van der Waals surface area contributed by atoms with Gasteiger partial charge in [0.25, 0.3) is 0 Å². The number of ether oxygens (including phenoxy) is 1. The van der Waals surface area contributed by atoms with Crippen LogP contribution < -0.4 is 9.88 Å². The molecule has 1 unspecified atom stereocenters. The smallest absolute Gasteiger partial charge is 0.220 e. The molecule has 1 aromatic rings. The van der Waals surface area contributed by atoms with Crippen LogP contribution in [0.1, 0.15) is 24.7 Å². The second-order valence-electron chi connectivity index (χ2n) is 4.21. The minimum absolute atomic E-state index is 0.599. The average Bonchev–Trinajstić information content (AvgIpc) is 2.32. The van der Waals surface area contributed by atoms with Crippen molar-refractivity contribution < 1.29 is 13.2 Å². The third kappa shape index (κ3) is 1.61. The summed E-state index contributed by atoms with van der Waals surface area (Å²) in [6.45, 7) is 3.45. The number of fused-ring (bicyclic) bond motifs is 1. The zero-order chi connectivity index (χ0) is 11.3. The lowest BCUT2D eigenvalue weighted by atomic mass is 10.0. The number of primary sulfonamides is 1. The predicted molar refractivity (Wildman–Crippen MR) is 57.0 cm³/mol. The van der Waals surface area contributed by atoms with Crippen molar-refractivity contribution in [3.8, 4) is 5.75 Å². The maximum absolute atomic E-state index is 11.5. The van der Waals surface area contributed by atoms with Gasteiger partial charge in [-0.05, 0) is 19.9 Å². The highest BCUT2D eigenvalue weighted by Gasteiger charge is 2.47. The summed E-state index contributed by atoms with van der Waals surface area (Å²) in [5.41, 5.74) is -0.165. The van der Waals surface area contributed by atoms with Crippen LogP contribution in [-0.4, -0.2) is 14.0 Å². The van der Waals surface area contributed by atoms with Gasteiger partial charge in [0.2, 0.25) is 10.0 Å². The Morgan fingerprint density at radius 3 is 2.53 bits per heavy atom. The molecule has 5 heteroatoms. The summed E-state index contributed by atoms with van der Waals surface area (Å²) >= 11 is 0. The number of sulfonamides is 1. The van der Waals surface area contributed by atoms with Crippen LogP contribution in [0.3, 0.4) is 0 Å². The highest BCUT2D eigenvalue weighted by Crippen LogP contribution is 2.46. The first-order valence-corrected chi connectivity index (χ1v) is 6.23. The molecule has 0 saturated heterocycles. The highest BCUT2D eigenvalue weighted by atomic mass is 32.2. The molecule has 1 heterocycles. The molecule has 0 aliphatic carbocycles. The molecule has 1 aromatic carbocycles. The summed E-state index contributed by atoms with van der Waals surface area (Å²) < 4.78 is 28.6. The molecule has 0 fully saturated rings. The van der Waals surface area contributed by atoms with Gasteiger partial charge in [-0.25, -0.2) is 13.6 Å². The van der Waals surface area contributed by atoms with E-state index < -0.39 is 20.9 Å². The normalized spacial score (nSPS) is 23.3. The average molecular weight is 227 g/mol. The summed E-state index contributed by atoms with van der Waals surface area (Å²) in [5, 5.41) is 4.43. The van der Waals surface area contributed by atoms with Crippen molar-refractivity contribution >= 4 is 10.0 Å². The molecular weight excluding hydrogens is 214 g/mol. The molecule has 1 aliphatic rings. The maximum Gasteiger partial charge on any atom is 0.220 e. The minimum atomic E-state index is -3.65. The van der Waals surface area contributed by atoms with E-state index in [4.69, 9.17) is 9.88 Å². The first-order chi connectivity index (χ1) is 6.82. The third-order valence-corrected chi connectivity index (χ3v) is 4.01. The van der Waals surface area contributed by atoms with Gasteiger partial charge in [-0.3, -0.25) is 0 Å². The lowest BCUT2D eigenvalue weighted by molar-refractivity contribution is 0.132. The standard InChI is InChI=1S/C10H13NO3S/c1-10(2)9(15(11,12)13)7-5-3-4-6-8(7)14-10/h3-6,9H,1-2H3,(H2,11,12,13). The number of para-hydroxylation sites is 1. The summed E-state index contributed by atoms with van der Waals surface area (Å²) in [6.07, 6.45) is 0. The van der Waals surface area contributed by atoms with Crippen molar-refractivity contribution in [1.29, 1.82) is 0 Å². The fourth-order valence-electron chi connectivity index (χ4n) is 2.07. The Balaban J connectivity index is 2.63. The van der Waals surface area contributed by atoms with E-state index in [1.54, 1.807) is 38.1 Å². The van der Waals surface area contributed by atoms with E-state index in [0.29, 0.717) is 11.3 Å². The minimum Gasteiger partial charge on any atom is -0.486 e. The lowest BCUT2D eigenvalue weighted by Gasteiger charge is -2.24. The molecule has 2 rings (SSSR count). The SMILES string of the molecule is CC1(C)Oc2ccccc2C1S(N)(=O)=O. The summed E-state index contributed by atoms with van der Waals surface area (Å²) in [6, 6.07) is 7.07. The van der Waals surface area contributed by atoms with Crippen LogP contribution in [0.15, 0.2) is 24.3 Å². The number of benzene rings is 1. The predicted octanol–water partition coefficient (Wildman–Crippen LogP) is 1.19. The Bertz CT molecular complexity index is 493. The van der Waals surface area contributed by atoms with Crippen LogP contribution >= 0.6 is 0 Å². The molecule has 15 heavy (non-hydrogen) atoms. The van der Waals surface area contributed by atoms with Crippen molar-refractivity contribution in [1.82, 2.24) is 0 Å². The van der Waals surface area contributed by atoms with Gasteiger partial charge in [0.05, 0.1) is 0 Å². The molecule has 2 N–H and O–H groups in total. The largest absolute Gasteiger partial charge is 0.486 e. The Labute approximate surface area is 89.1 Å². The molecule has 82 valence electrons. The Morgan fingerprint density at radius 2 is 1.93 bits per heavy atom. The molecule has 0 amide bonds. The van der Waals surface area contributed by atoms with E-state index in [-0.39, 0.29) is 0 Å². The summed E-state index contributed by atoms with van der Waals surface area (Å²) in [5.74, 6) is 0.599. The molecule has 0 aromatic heterocycles. The van der Waals surface area contributed by atoms with Crippen LogP contribution in [-0.2, 0) is 10.0 Å². The number of hydrogen-bond acceptors (Lipinski definition) is 3. The second-order valence-corrected chi connectivity index (χ2v) is 5.86. The Morgan fingerprint density at radius 1 is 1.33 bits per heavy atom. The molecular formula is C10H13NO3S. The zero-order valence-corrected chi connectivity index (χ0v) is 9.41. The maximum atomic E-state index is 11.5. The summed E-state index contributed by atoms with van der Waals surface area (Å²) in [4.78, 5) is 0. The zero-order valence-electron chi connectivity index (χ0n) is 8.60. The van der Waals surface area contributed by atoms with Crippen molar-refractivity contribution in [2.45, 2.75) is 24.7 Å². The molecule has 1 atom stereocenters. The Hall–Kier alpha value is -1.07. The van der Waals surface area contributed by atoms with E-state index in [2.05, 4.69) is 0 Å². The van der Waals surface area contributed by atoms with E-state index in [1.807, 2.05) is 0 Å². The van der Waals surface area contributed by atoms with Crippen LogP contribution in [0.25, 0.3) is 0 Å². The van der Waals surface area contributed by atoms with Gasteiger partial charge in [0.1, 0.15) is 16.6 Å². The molecule has 0 spiro atoms. The van der Waals surface area contributed by atoms with E-state index in [9.17, 15) is 8.42 Å². The second kappa shape index (κ2) is 2.96. The molecule has 0 bridgehead atoms. The van der Waals surface area contributed by atoms with Gasteiger partial charge in [-0.1, -0.05) is 18.2 Å². The van der Waals surface area contributed by atoms with Crippen LogP contribution in [0.2, 0.25) is 0 Å². The van der Waals surface area contributed by atoms with Gasteiger partial charge in [0, 0.05) is 5.56 Å². The van der Waals surface area contributed by atoms with Crippen LogP contribution in [0.4, 0.5) is 0 Å². The summed E-state index contributed by atoms with van der Waals surface area (Å²) in [7, 11) is -3.65. The van der Waals surface area contributed by atoms with Gasteiger partial charge >= 0.3 is 0 Å². The fraction of sp³-hybridized carbons (Fsp3) is 0.400. The van der Waals surface area contributed by atoms with Crippen molar-refractivity contribution in [2.75, 3.05) is 0 Å². The van der Waals surface area contributed by atoms with Gasteiger partial charge in [0.15, 0.2) is 0 Å². The van der Waals surface area contributed by atoms with Gasteiger partial charge in [-0.15, -0.1) is 0 Å². The highest BCUT2D eigenvalue weighted by molar-refractivity contribution is 7.89. The van der Waals surface area contributed by atoms with Crippen LogP contribution in [0.5, 0.6) is 5.75 Å². The third-order valence-electron chi connectivity index (χ3n) is 2.53. The first-order valence-electron chi connectivity index (χ1n) is 4.62. The molecule has 4 nitrogen and oxygen atoms in total. The van der Waals surface area contributed by atoms with Crippen molar-refractivity contribution in [3.63, 3.8) is 0 Å². The topological polar surface area (TPSA) is 69.4 Å². The molecule has 0 radical (unpaired) electrons. The lowest BCUT2D eigenvalue weighted by Crippen LogP contribution is -2.38. The van der Waals surface area contributed by atoms with E-state index in [1.165, 1.54) is 0 Å². The first kappa shape index (κ1) is 10.4.